The fourth-order valence-corrected chi connectivity index (χ4v) is 5.80. The zero-order chi connectivity index (χ0) is 13.1. The molecule has 0 heterocycles. The molecule has 0 fully saturated rings. The van der Waals surface area contributed by atoms with Crippen LogP contribution in [0, 0.1) is 0 Å². The van der Waals surface area contributed by atoms with Crippen LogP contribution in [0.1, 0.15) is 39.5 Å². The third-order valence-corrected chi connectivity index (χ3v) is 7.92. The summed E-state index contributed by atoms with van der Waals surface area (Å²) in [5.74, 6) is -0.285. The summed E-state index contributed by atoms with van der Waals surface area (Å²) in [6.45, 7) is 10.9. The highest BCUT2D eigenvalue weighted by molar-refractivity contribution is 6.78. The van der Waals surface area contributed by atoms with Gasteiger partial charge in [-0.3, -0.25) is 0 Å². The molecule has 0 aromatic heterocycles. The van der Waals surface area contributed by atoms with E-state index in [1.54, 1.807) is 0 Å². The van der Waals surface area contributed by atoms with E-state index in [9.17, 15) is 4.79 Å². The van der Waals surface area contributed by atoms with Gasteiger partial charge in [-0.1, -0.05) is 64.7 Å². The number of unbranched alkanes of at least 4 members (excludes halogenated alkanes) is 2. The Bertz CT molecular complexity index is 218. The maximum Gasteiger partial charge on any atom is 0.330 e. The van der Waals surface area contributed by atoms with E-state index in [4.69, 9.17) is 4.74 Å². The van der Waals surface area contributed by atoms with Crippen LogP contribution < -0.4 is 0 Å². The molecule has 0 aliphatic rings. The summed E-state index contributed by atoms with van der Waals surface area (Å²) in [4.78, 5) is 11.0. The Labute approximate surface area is 107 Å². The van der Waals surface area contributed by atoms with Gasteiger partial charge < -0.3 is 4.74 Å². The summed E-state index contributed by atoms with van der Waals surface area (Å²) < 4.78 is 5.12. The number of rotatable bonds is 10. The monoisotopic (exact) mass is 256 g/mol. The molecule has 0 aromatic carbocycles. The van der Waals surface area contributed by atoms with Crippen LogP contribution in [0.25, 0.3) is 0 Å². The van der Waals surface area contributed by atoms with Crippen molar-refractivity contribution in [3.63, 3.8) is 0 Å². The predicted molar refractivity (Wildman–Crippen MR) is 77.0 cm³/mol. The van der Waals surface area contributed by atoms with Crippen molar-refractivity contribution in [2.75, 3.05) is 6.61 Å². The second kappa shape index (κ2) is 9.46. The van der Waals surface area contributed by atoms with Gasteiger partial charge in [0.25, 0.3) is 0 Å². The summed E-state index contributed by atoms with van der Waals surface area (Å²) in [6.07, 6.45) is 6.42. The van der Waals surface area contributed by atoms with E-state index >= 15 is 0 Å². The van der Waals surface area contributed by atoms with Gasteiger partial charge >= 0.3 is 5.97 Å². The quantitative estimate of drug-likeness (QED) is 0.329. The molecular weight excluding hydrogens is 228 g/mol. The van der Waals surface area contributed by atoms with Gasteiger partial charge in [-0.15, -0.1) is 0 Å². The lowest BCUT2D eigenvalue weighted by atomic mass is 10.4. The molecule has 0 aliphatic carbocycles. The Morgan fingerprint density at radius 3 is 2.12 bits per heavy atom. The molecule has 0 spiro atoms. The maximum atomic E-state index is 11.0. The van der Waals surface area contributed by atoms with Crippen LogP contribution in [0.4, 0.5) is 0 Å². The standard InChI is InChI=1S/C14H28O2Si/c1-5-8-11-17(4,12-9-6-2)13-10-16-14(15)7-3/h7H,3,5-6,8-13H2,1-2,4H3. The van der Waals surface area contributed by atoms with Gasteiger partial charge in [-0.2, -0.15) is 0 Å². The lowest BCUT2D eigenvalue weighted by Crippen LogP contribution is -2.31. The molecule has 3 heteroatoms. The lowest BCUT2D eigenvalue weighted by molar-refractivity contribution is -0.137. The van der Waals surface area contributed by atoms with Crippen molar-refractivity contribution in [2.45, 2.75) is 64.2 Å². The van der Waals surface area contributed by atoms with Crippen LogP contribution in [-0.2, 0) is 9.53 Å². The van der Waals surface area contributed by atoms with E-state index < -0.39 is 8.07 Å². The van der Waals surface area contributed by atoms with E-state index in [1.807, 2.05) is 0 Å². The van der Waals surface area contributed by atoms with Crippen LogP contribution >= 0.6 is 0 Å². The van der Waals surface area contributed by atoms with Crippen molar-refractivity contribution in [1.29, 1.82) is 0 Å². The predicted octanol–water partition coefficient (Wildman–Crippen LogP) is 4.39. The number of carbonyl (C=O) groups excluding carboxylic acids is 1. The van der Waals surface area contributed by atoms with Gasteiger partial charge in [0.05, 0.1) is 14.7 Å². The molecule has 0 bridgehead atoms. The first-order chi connectivity index (χ1) is 8.08. The number of hydrogen-bond acceptors (Lipinski definition) is 2. The average molecular weight is 256 g/mol. The van der Waals surface area contributed by atoms with E-state index in [2.05, 4.69) is 27.0 Å². The fourth-order valence-electron chi connectivity index (χ4n) is 2.04. The summed E-state index contributed by atoms with van der Waals surface area (Å²) in [6, 6.07) is 3.84. The van der Waals surface area contributed by atoms with Crippen LogP contribution in [0.5, 0.6) is 0 Å². The Balaban J connectivity index is 4.07. The molecule has 2 nitrogen and oxygen atoms in total. The van der Waals surface area contributed by atoms with E-state index in [0.29, 0.717) is 6.61 Å². The van der Waals surface area contributed by atoms with Crippen molar-refractivity contribution < 1.29 is 9.53 Å². The smallest absolute Gasteiger partial charge is 0.330 e. The molecule has 0 unspecified atom stereocenters. The first kappa shape index (κ1) is 16.4. The molecule has 0 N–H and O–H groups in total. The van der Waals surface area contributed by atoms with E-state index in [-0.39, 0.29) is 5.97 Å². The zero-order valence-corrected chi connectivity index (χ0v) is 12.8. The van der Waals surface area contributed by atoms with Crippen LogP contribution in [0.15, 0.2) is 12.7 Å². The Morgan fingerprint density at radius 2 is 1.71 bits per heavy atom. The summed E-state index contributed by atoms with van der Waals surface area (Å²) in [7, 11) is -1.18. The third-order valence-electron chi connectivity index (χ3n) is 3.38. The van der Waals surface area contributed by atoms with Gasteiger partial charge in [0.2, 0.25) is 0 Å². The first-order valence-electron chi connectivity index (χ1n) is 6.87. The van der Waals surface area contributed by atoms with E-state index in [0.717, 1.165) is 6.04 Å². The molecular formula is C14H28O2Si. The Hall–Kier alpha value is -0.573. The van der Waals surface area contributed by atoms with Crippen LogP contribution in [0.2, 0.25) is 24.7 Å². The largest absolute Gasteiger partial charge is 0.463 e. The second-order valence-electron chi connectivity index (χ2n) is 5.14. The molecule has 0 saturated carbocycles. The maximum absolute atomic E-state index is 11.0. The number of esters is 1. The SMILES string of the molecule is C=CC(=O)OCC[Si](C)(CCCC)CCCC. The minimum Gasteiger partial charge on any atom is -0.463 e. The minimum absolute atomic E-state index is 0.285. The lowest BCUT2D eigenvalue weighted by Gasteiger charge is -2.27. The topological polar surface area (TPSA) is 26.3 Å². The van der Waals surface area contributed by atoms with Gasteiger partial charge in [0.1, 0.15) is 0 Å². The second-order valence-corrected chi connectivity index (χ2v) is 10.3. The van der Waals surface area contributed by atoms with Gasteiger partial charge in [0.15, 0.2) is 0 Å². The van der Waals surface area contributed by atoms with Gasteiger partial charge in [0, 0.05) is 6.08 Å². The average Bonchev–Trinajstić information content (AvgIpc) is 2.34. The normalized spacial score (nSPS) is 11.2. The molecule has 0 rings (SSSR count). The van der Waals surface area contributed by atoms with Gasteiger partial charge in [-0.05, 0) is 6.04 Å². The van der Waals surface area contributed by atoms with Crippen molar-refractivity contribution in [2.24, 2.45) is 0 Å². The molecule has 0 amide bonds. The first-order valence-corrected chi connectivity index (χ1v) is 9.99. The molecule has 100 valence electrons. The number of ether oxygens (including phenoxy) is 1. The van der Waals surface area contributed by atoms with Crippen LogP contribution in [0.3, 0.4) is 0 Å². The number of carbonyl (C=O) groups is 1. The Morgan fingerprint density at radius 1 is 1.18 bits per heavy atom. The molecule has 0 atom stereocenters. The molecule has 0 saturated heterocycles. The molecule has 17 heavy (non-hydrogen) atoms. The zero-order valence-electron chi connectivity index (χ0n) is 11.8. The van der Waals surface area contributed by atoms with Crippen molar-refractivity contribution in [1.82, 2.24) is 0 Å². The Kier molecular flexibility index (Phi) is 9.14. The number of hydrogen-bond donors (Lipinski definition) is 0. The van der Waals surface area contributed by atoms with Gasteiger partial charge in [-0.25, -0.2) is 4.79 Å². The summed E-state index contributed by atoms with van der Waals surface area (Å²) in [5.41, 5.74) is 0. The molecule has 0 aliphatic heterocycles. The van der Waals surface area contributed by atoms with Crippen LogP contribution in [-0.4, -0.2) is 20.7 Å². The summed E-state index contributed by atoms with van der Waals surface area (Å²) >= 11 is 0. The van der Waals surface area contributed by atoms with Crippen molar-refractivity contribution in [3.8, 4) is 0 Å². The fraction of sp³-hybridized carbons (Fsp3) is 0.786. The molecule has 0 radical (unpaired) electrons. The van der Waals surface area contributed by atoms with Crippen molar-refractivity contribution in [3.05, 3.63) is 12.7 Å². The third kappa shape index (κ3) is 8.19. The minimum atomic E-state index is -1.18. The molecule has 0 aromatic rings. The highest BCUT2D eigenvalue weighted by Gasteiger charge is 2.25. The highest BCUT2D eigenvalue weighted by atomic mass is 28.3. The van der Waals surface area contributed by atoms with Crippen molar-refractivity contribution >= 4 is 14.0 Å². The van der Waals surface area contributed by atoms with E-state index in [1.165, 1.54) is 43.8 Å². The highest BCUT2D eigenvalue weighted by Crippen LogP contribution is 2.25. The summed E-state index contributed by atoms with van der Waals surface area (Å²) in [5, 5.41) is 0.